The molecule has 1 heterocycles. The summed E-state index contributed by atoms with van der Waals surface area (Å²) in [5.41, 5.74) is 6.56. The standard InChI is InChI=1S/C11H16N2O2/c12-9-2-1-3-10(6-9)13-7-11(14)4-5-15-8-11/h1-3,6,13-14H,4-5,7-8,12H2. The number of ether oxygens (including phenoxy) is 1. The first-order chi connectivity index (χ1) is 7.18. The quantitative estimate of drug-likeness (QED) is 0.644. The molecule has 82 valence electrons. The van der Waals surface area contributed by atoms with Gasteiger partial charge in [0, 0.05) is 30.9 Å². The second-order valence-electron chi connectivity index (χ2n) is 4.01. The highest BCUT2D eigenvalue weighted by molar-refractivity contribution is 5.54. The van der Waals surface area contributed by atoms with Crippen LogP contribution in [0.4, 0.5) is 11.4 Å². The Bertz CT molecular complexity index is 335. The molecule has 0 aromatic heterocycles. The predicted molar refractivity (Wildman–Crippen MR) is 59.7 cm³/mol. The van der Waals surface area contributed by atoms with Gasteiger partial charge >= 0.3 is 0 Å². The summed E-state index contributed by atoms with van der Waals surface area (Å²) < 4.78 is 5.16. The average Bonchev–Trinajstić information content (AvgIpc) is 2.63. The van der Waals surface area contributed by atoms with Crippen LogP contribution in [0.15, 0.2) is 24.3 Å². The molecule has 4 N–H and O–H groups in total. The molecule has 1 aliphatic heterocycles. The van der Waals surface area contributed by atoms with Gasteiger partial charge in [0.05, 0.1) is 6.61 Å². The average molecular weight is 208 g/mol. The molecule has 1 aliphatic rings. The number of benzene rings is 1. The zero-order chi connectivity index (χ0) is 10.7. The van der Waals surface area contributed by atoms with Crippen LogP contribution >= 0.6 is 0 Å². The van der Waals surface area contributed by atoms with Crippen molar-refractivity contribution in [2.24, 2.45) is 0 Å². The minimum Gasteiger partial charge on any atom is -0.399 e. The number of hydrogen-bond acceptors (Lipinski definition) is 4. The van der Waals surface area contributed by atoms with Gasteiger partial charge in [0.15, 0.2) is 0 Å². The maximum absolute atomic E-state index is 10.0. The van der Waals surface area contributed by atoms with Crippen molar-refractivity contribution in [2.75, 3.05) is 30.8 Å². The third-order valence-corrected chi connectivity index (χ3v) is 2.59. The van der Waals surface area contributed by atoms with Gasteiger partial charge in [-0.05, 0) is 18.2 Å². The van der Waals surface area contributed by atoms with Crippen molar-refractivity contribution in [1.82, 2.24) is 0 Å². The number of hydrogen-bond donors (Lipinski definition) is 3. The third kappa shape index (κ3) is 2.61. The Morgan fingerprint density at radius 2 is 2.40 bits per heavy atom. The molecule has 1 aromatic rings. The van der Waals surface area contributed by atoms with Gasteiger partial charge in [-0.1, -0.05) is 6.07 Å². The molecule has 0 saturated carbocycles. The van der Waals surface area contributed by atoms with Crippen molar-refractivity contribution in [2.45, 2.75) is 12.0 Å². The van der Waals surface area contributed by atoms with E-state index in [4.69, 9.17) is 10.5 Å². The van der Waals surface area contributed by atoms with E-state index in [9.17, 15) is 5.11 Å². The van der Waals surface area contributed by atoms with Gasteiger partial charge in [0.1, 0.15) is 5.60 Å². The number of rotatable bonds is 3. The predicted octanol–water partition coefficient (Wildman–Crippen LogP) is 0.832. The Balaban J connectivity index is 1.92. The molecule has 2 rings (SSSR count). The van der Waals surface area contributed by atoms with Crippen LogP contribution in [-0.4, -0.2) is 30.5 Å². The highest BCUT2D eigenvalue weighted by Crippen LogP contribution is 2.20. The molecule has 4 nitrogen and oxygen atoms in total. The smallest absolute Gasteiger partial charge is 0.107 e. The Hall–Kier alpha value is -1.26. The number of nitrogen functional groups attached to an aromatic ring is 1. The van der Waals surface area contributed by atoms with E-state index in [2.05, 4.69) is 5.32 Å². The molecular weight excluding hydrogens is 192 g/mol. The first-order valence-electron chi connectivity index (χ1n) is 5.08. The van der Waals surface area contributed by atoms with E-state index < -0.39 is 5.60 Å². The summed E-state index contributed by atoms with van der Waals surface area (Å²) in [5, 5.41) is 13.2. The summed E-state index contributed by atoms with van der Waals surface area (Å²) in [6, 6.07) is 7.49. The van der Waals surface area contributed by atoms with E-state index >= 15 is 0 Å². The molecule has 15 heavy (non-hydrogen) atoms. The van der Waals surface area contributed by atoms with Gasteiger partial charge < -0.3 is 20.9 Å². The van der Waals surface area contributed by atoms with Crippen molar-refractivity contribution < 1.29 is 9.84 Å². The summed E-state index contributed by atoms with van der Waals surface area (Å²) in [5.74, 6) is 0. The third-order valence-electron chi connectivity index (χ3n) is 2.59. The summed E-state index contributed by atoms with van der Waals surface area (Å²) in [4.78, 5) is 0. The fourth-order valence-corrected chi connectivity index (χ4v) is 1.65. The van der Waals surface area contributed by atoms with Crippen molar-refractivity contribution in [3.8, 4) is 0 Å². The van der Waals surface area contributed by atoms with E-state index in [1.165, 1.54) is 0 Å². The molecule has 0 aliphatic carbocycles. The van der Waals surface area contributed by atoms with E-state index in [1.807, 2.05) is 24.3 Å². The number of nitrogens with two attached hydrogens (primary N) is 1. The van der Waals surface area contributed by atoms with Gasteiger partial charge in [0.25, 0.3) is 0 Å². The Morgan fingerprint density at radius 3 is 3.07 bits per heavy atom. The Morgan fingerprint density at radius 1 is 1.53 bits per heavy atom. The molecule has 4 heteroatoms. The zero-order valence-corrected chi connectivity index (χ0v) is 8.57. The minimum absolute atomic E-state index is 0.405. The lowest BCUT2D eigenvalue weighted by molar-refractivity contribution is 0.0382. The largest absolute Gasteiger partial charge is 0.399 e. The van der Waals surface area contributed by atoms with E-state index in [-0.39, 0.29) is 0 Å². The monoisotopic (exact) mass is 208 g/mol. The topological polar surface area (TPSA) is 67.5 Å². The number of aliphatic hydroxyl groups is 1. The van der Waals surface area contributed by atoms with Crippen molar-refractivity contribution in [3.63, 3.8) is 0 Å². The van der Waals surface area contributed by atoms with Crippen molar-refractivity contribution >= 4 is 11.4 Å². The number of nitrogens with one attached hydrogen (secondary N) is 1. The van der Waals surface area contributed by atoms with Crippen LogP contribution < -0.4 is 11.1 Å². The van der Waals surface area contributed by atoms with Gasteiger partial charge in [0.2, 0.25) is 0 Å². The molecule has 0 bridgehead atoms. The minimum atomic E-state index is -0.732. The van der Waals surface area contributed by atoms with Crippen molar-refractivity contribution in [3.05, 3.63) is 24.3 Å². The SMILES string of the molecule is Nc1cccc(NCC2(O)CCOC2)c1. The highest BCUT2D eigenvalue weighted by Gasteiger charge is 2.31. The lowest BCUT2D eigenvalue weighted by Crippen LogP contribution is -2.37. The van der Waals surface area contributed by atoms with Crippen LogP contribution in [0.2, 0.25) is 0 Å². The van der Waals surface area contributed by atoms with Gasteiger partial charge in [-0.2, -0.15) is 0 Å². The van der Waals surface area contributed by atoms with Crippen molar-refractivity contribution in [1.29, 1.82) is 0 Å². The maximum Gasteiger partial charge on any atom is 0.107 e. The Kier molecular flexibility index (Phi) is 2.79. The first kappa shape index (κ1) is 10.3. The first-order valence-corrected chi connectivity index (χ1v) is 5.08. The summed E-state index contributed by atoms with van der Waals surface area (Å²) in [6.45, 7) is 1.54. The maximum atomic E-state index is 10.0. The fraction of sp³-hybridized carbons (Fsp3) is 0.455. The normalized spacial score (nSPS) is 25.4. The molecular formula is C11H16N2O2. The second kappa shape index (κ2) is 4.08. The summed E-state index contributed by atoms with van der Waals surface area (Å²) >= 11 is 0. The van der Waals surface area contributed by atoms with Crippen LogP contribution in [-0.2, 0) is 4.74 Å². The lowest BCUT2D eigenvalue weighted by Gasteiger charge is -2.21. The van der Waals surface area contributed by atoms with Crippen LogP contribution in [0, 0.1) is 0 Å². The van der Waals surface area contributed by atoms with E-state index in [1.54, 1.807) is 0 Å². The van der Waals surface area contributed by atoms with Crippen LogP contribution in [0.3, 0.4) is 0 Å². The molecule has 1 aromatic carbocycles. The molecule has 1 fully saturated rings. The second-order valence-corrected chi connectivity index (χ2v) is 4.01. The number of anilines is 2. The van der Waals surface area contributed by atoms with Crippen LogP contribution in [0.5, 0.6) is 0 Å². The highest BCUT2D eigenvalue weighted by atomic mass is 16.5. The molecule has 1 unspecified atom stereocenters. The van der Waals surface area contributed by atoms with Crippen LogP contribution in [0.1, 0.15) is 6.42 Å². The fourth-order valence-electron chi connectivity index (χ4n) is 1.65. The molecule has 0 amide bonds. The van der Waals surface area contributed by atoms with E-state index in [0.29, 0.717) is 26.2 Å². The Labute approximate surface area is 89.0 Å². The molecule has 1 atom stereocenters. The van der Waals surface area contributed by atoms with Crippen LogP contribution in [0.25, 0.3) is 0 Å². The lowest BCUT2D eigenvalue weighted by atomic mass is 10.0. The van der Waals surface area contributed by atoms with E-state index in [0.717, 1.165) is 11.4 Å². The summed E-state index contributed by atoms with van der Waals surface area (Å²) in [6.07, 6.45) is 0.683. The van der Waals surface area contributed by atoms with Gasteiger partial charge in [-0.3, -0.25) is 0 Å². The summed E-state index contributed by atoms with van der Waals surface area (Å²) in [7, 11) is 0. The zero-order valence-electron chi connectivity index (χ0n) is 8.57. The molecule has 0 spiro atoms. The molecule has 0 radical (unpaired) electrons. The van der Waals surface area contributed by atoms with Gasteiger partial charge in [-0.15, -0.1) is 0 Å². The van der Waals surface area contributed by atoms with Gasteiger partial charge in [-0.25, -0.2) is 0 Å². The molecule has 1 saturated heterocycles.